The average molecular weight is 612 g/mol. The van der Waals surface area contributed by atoms with Crippen LogP contribution in [-0.2, 0) is 18.5 Å². The first kappa shape index (κ1) is 33.7. The number of nitrogens with one attached hydrogen (secondary N) is 2. The quantitative estimate of drug-likeness (QED) is 0.158. The van der Waals surface area contributed by atoms with Crippen LogP contribution in [0.1, 0.15) is 78.4 Å². The summed E-state index contributed by atoms with van der Waals surface area (Å²) in [6.07, 6.45) is 5.59. The van der Waals surface area contributed by atoms with Gasteiger partial charge < -0.3 is 15.4 Å². The number of aryl methyl sites for hydroxylation is 1. The Kier molecular flexibility index (Phi) is 11.4. The van der Waals surface area contributed by atoms with Crippen LogP contribution in [-0.4, -0.2) is 40.7 Å². The van der Waals surface area contributed by atoms with E-state index < -0.39 is 6.03 Å². The lowest BCUT2D eigenvalue weighted by Gasteiger charge is -2.26. The van der Waals surface area contributed by atoms with Crippen LogP contribution in [0.2, 0.25) is 0 Å². The van der Waals surface area contributed by atoms with Crippen molar-refractivity contribution >= 4 is 28.4 Å². The molecular weight excluding hydrogens is 562 g/mol. The number of hydrogen-bond acceptors (Lipinski definition) is 5. The highest BCUT2D eigenvalue weighted by atomic mass is 16.5. The normalized spacial score (nSPS) is 11.6. The first-order valence-electron chi connectivity index (χ1n) is 16.2. The summed E-state index contributed by atoms with van der Waals surface area (Å²) in [4.78, 5) is 35.1. The monoisotopic (exact) mass is 611 g/mol. The number of methoxy groups -OCH3 is 1. The maximum atomic E-state index is 14.2. The molecule has 0 aliphatic rings. The molecule has 2 N–H and O–H groups in total. The number of benzene rings is 2. The largest absolute Gasteiger partial charge is 0.497 e. The molecule has 0 unspecified atom stereocenters. The lowest BCUT2D eigenvalue weighted by atomic mass is 9.85. The molecule has 0 atom stereocenters. The first-order chi connectivity index (χ1) is 21.6. The lowest BCUT2D eigenvalue weighted by molar-refractivity contribution is 0.262. The van der Waals surface area contributed by atoms with E-state index >= 15 is 0 Å². The minimum atomic E-state index is -0.469. The van der Waals surface area contributed by atoms with Gasteiger partial charge >= 0.3 is 6.03 Å². The van der Waals surface area contributed by atoms with Gasteiger partial charge in [-0.25, -0.2) is 9.78 Å². The van der Waals surface area contributed by atoms with Gasteiger partial charge in [-0.1, -0.05) is 72.2 Å². The number of urea groups is 1. The van der Waals surface area contributed by atoms with Crippen LogP contribution in [0.25, 0.3) is 22.2 Å². The standard InChI is InChI=1S/C37H49N5O3/c1-8-11-22-42-34-29(16-13-19-38-34)32(27-14-12-15-28(24-27)45-7)33(35(42)43)40-36(44)39-31-23-26(17-18-30(31)37(4,5)6)25-41(20-9-2)21-10-3/h12-19,23-24H,8-11,20-22,25H2,1-7H3,(H2,39,40,44). The molecule has 8 nitrogen and oxygen atoms in total. The number of carbonyl (C=O) groups excluding carboxylic acids is 1. The van der Waals surface area contributed by atoms with Gasteiger partial charge in [-0.2, -0.15) is 0 Å². The van der Waals surface area contributed by atoms with Crippen molar-refractivity contribution in [3.8, 4) is 16.9 Å². The molecule has 8 heteroatoms. The summed E-state index contributed by atoms with van der Waals surface area (Å²) in [6.45, 7) is 16.2. The van der Waals surface area contributed by atoms with Crippen LogP contribution < -0.4 is 20.9 Å². The molecule has 0 bridgehead atoms. The Morgan fingerprint density at radius 3 is 2.38 bits per heavy atom. The van der Waals surface area contributed by atoms with Gasteiger partial charge in [-0.3, -0.25) is 14.3 Å². The third-order valence-corrected chi connectivity index (χ3v) is 7.98. The fourth-order valence-corrected chi connectivity index (χ4v) is 5.87. The summed E-state index contributed by atoms with van der Waals surface area (Å²) in [5.74, 6) is 0.655. The molecule has 0 fully saturated rings. The van der Waals surface area contributed by atoms with E-state index in [2.05, 4.69) is 80.3 Å². The van der Waals surface area contributed by atoms with Gasteiger partial charge in [0.25, 0.3) is 5.56 Å². The van der Waals surface area contributed by atoms with Gasteiger partial charge in [-0.05, 0) is 84.8 Å². The van der Waals surface area contributed by atoms with E-state index in [4.69, 9.17) is 4.74 Å². The van der Waals surface area contributed by atoms with E-state index in [1.165, 1.54) is 0 Å². The number of ether oxygens (including phenoxy) is 1. The predicted octanol–water partition coefficient (Wildman–Crippen LogP) is 8.44. The van der Waals surface area contributed by atoms with Crippen LogP contribution in [0.5, 0.6) is 5.75 Å². The summed E-state index contributed by atoms with van der Waals surface area (Å²) in [7, 11) is 1.61. The zero-order valence-electron chi connectivity index (χ0n) is 28.0. The van der Waals surface area contributed by atoms with E-state index in [-0.39, 0.29) is 16.7 Å². The summed E-state index contributed by atoms with van der Waals surface area (Å²) in [5, 5.41) is 6.89. The van der Waals surface area contributed by atoms with Crippen molar-refractivity contribution in [2.24, 2.45) is 0 Å². The topological polar surface area (TPSA) is 88.5 Å². The summed E-state index contributed by atoms with van der Waals surface area (Å²) in [6, 6.07) is 17.2. The second kappa shape index (κ2) is 15.2. The summed E-state index contributed by atoms with van der Waals surface area (Å²) >= 11 is 0. The number of unbranched alkanes of at least 4 members (excludes halogenated alkanes) is 1. The van der Waals surface area contributed by atoms with Crippen molar-refractivity contribution in [2.45, 2.75) is 85.7 Å². The Morgan fingerprint density at radius 1 is 0.956 bits per heavy atom. The summed E-state index contributed by atoms with van der Waals surface area (Å²) < 4.78 is 7.18. The van der Waals surface area contributed by atoms with Crippen molar-refractivity contribution in [1.29, 1.82) is 0 Å². The fraction of sp³-hybridized carbons (Fsp3) is 0.432. The predicted molar refractivity (Wildman–Crippen MR) is 187 cm³/mol. The van der Waals surface area contributed by atoms with Crippen LogP contribution in [0.3, 0.4) is 0 Å². The van der Waals surface area contributed by atoms with Crippen molar-refractivity contribution in [1.82, 2.24) is 14.5 Å². The van der Waals surface area contributed by atoms with Crippen LogP contribution >= 0.6 is 0 Å². The van der Waals surface area contributed by atoms with E-state index in [0.29, 0.717) is 23.5 Å². The Hall–Kier alpha value is -4.17. The molecule has 2 heterocycles. The van der Waals surface area contributed by atoms with Gasteiger partial charge in [0.2, 0.25) is 0 Å². The molecular formula is C37H49N5O3. The highest BCUT2D eigenvalue weighted by Crippen LogP contribution is 2.35. The second-order valence-electron chi connectivity index (χ2n) is 12.7. The smallest absolute Gasteiger partial charge is 0.323 e. The van der Waals surface area contributed by atoms with Crippen molar-refractivity contribution in [3.63, 3.8) is 0 Å². The van der Waals surface area contributed by atoms with E-state index in [1.54, 1.807) is 17.9 Å². The highest BCUT2D eigenvalue weighted by molar-refractivity contribution is 6.07. The second-order valence-corrected chi connectivity index (χ2v) is 12.7. The molecule has 4 aromatic rings. The maximum absolute atomic E-state index is 14.2. The molecule has 2 aromatic heterocycles. The number of hydrogen-bond donors (Lipinski definition) is 2. The molecule has 0 radical (unpaired) electrons. The third-order valence-electron chi connectivity index (χ3n) is 7.98. The zero-order valence-corrected chi connectivity index (χ0v) is 28.0. The van der Waals surface area contributed by atoms with Crippen molar-refractivity contribution in [2.75, 3.05) is 30.8 Å². The van der Waals surface area contributed by atoms with Crippen LogP contribution in [0, 0.1) is 0 Å². The number of amides is 2. The molecule has 240 valence electrons. The zero-order chi connectivity index (χ0) is 32.6. The fourth-order valence-electron chi connectivity index (χ4n) is 5.87. The SMILES string of the molecule is CCCCn1c(=O)c(NC(=O)Nc2cc(CN(CCC)CCC)ccc2C(C)(C)C)c(-c2cccc(OC)c2)c2cccnc21. The van der Waals surface area contributed by atoms with Gasteiger partial charge in [0.05, 0.1) is 7.11 Å². The Bertz CT molecular complexity index is 1670. The van der Waals surface area contributed by atoms with Gasteiger partial charge in [0.1, 0.15) is 17.1 Å². The minimum absolute atomic E-state index is 0.207. The molecule has 4 rings (SSSR count). The van der Waals surface area contributed by atoms with Gasteiger partial charge in [0.15, 0.2) is 0 Å². The van der Waals surface area contributed by atoms with Gasteiger partial charge in [0, 0.05) is 35.9 Å². The molecule has 45 heavy (non-hydrogen) atoms. The Labute approximate surface area is 267 Å². The maximum Gasteiger partial charge on any atom is 0.323 e. The van der Waals surface area contributed by atoms with Crippen LogP contribution in [0.15, 0.2) is 65.6 Å². The molecule has 2 amide bonds. The summed E-state index contributed by atoms with van der Waals surface area (Å²) in [5.41, 5.74) is 4.57. The van der Waals surface area contributed by atoms with Crippen molar-refractivity contribution in [3.05, 3.63) is 82.3 Å². The Balaban J connectivity index is 1.81. The van der Waals surface area contributed by atoms with E-state index in [9.17, 15) is 9.59 Å². The molecule has 0 aliphatic heterocycles. The highest BCUT2D eigenvalue weighted by Gasteiger charge is 2.24. The van der Waals surface area contributed by atoms with Crippen LogP contribution in [0.4, 0.5) is 16.2 Å². The molecule has 0 saturated heterocycles. The minimum Gasteiger partial charge on any atom is -0.497 e. The molecule has 0 spiro atoms. The average Bonchev–Trinajstić information content (AvgIpc) is 3.01. The van der Waals surface area contributed by atoms with Gasteiger partial charge in [-0.15, -0.1) is 0 Å². The number of aromatic nitrogens is 2. The van der Waals surface area contributed by atoms with E-state index in [1.807, 2.05) is 36.4 Å². The number of rotatable bonds is 13. The number of pyridine rings is 2. The van der Waals surface area contributed by atoms with Crippen molar-refractivity contribution < 1.29 is 9.53 Å². The lowest BCUT2D eigenvalue weighted by Crippen LogP contribution is -2.30. The number of nitrogens with zero attached hydrogens (tertiary/aromatic N) is 3. The number of anilines is 2. The Morgan fingerprint density at radius 2 is 1.71 bits per heavy atom. The van der Waals surface area contributed by atoms with E-state index in [0.717, 1.165) is 73.1 Å². The third kappa shape index (κ3) is 8.11. The molecule has 2 aromatic carbocycles. The number of carbonyl (C=O) groups is 1. The molecule has 0 saturated carbocycles. The first-order valence-corrected chi connectivity index (χ1v) is 16.2. The number of fused-ring (bicyclic) bond motifs is 1. The molecule has 0 aliphatic carbocycles.